The Morgan fingerprint density at radius 3 is 2.59 bits per heavy atom. The first kappa shape index (κ1) is 19.2. The molecule has 146 valence electrons. The number of nitrogens with one attached hydrogen (secondary N) is 1. The number of benzene rings is 3. The van der Waals surface area contributed by atoms with E-state index < -0.39 is 11.7 Å². The van der Waals surface area contributed by atoms with Gasteiger partial charge in [-0.1, -0.05) is 41.9 Å². The lowest BCUT2D eigenvalue weighted by molar-refractivity contribution is -0.119. The molecule has 6 heteroatoms. The second kappa shape index (κ2) is 8.05. The molecule has 0 saturated heterocycles. The number of halogens is 2. The number of amides is 2. The largest absolute Gasteiger partial charge is 0.322 e. The fourth-order valence-corrected chi connectivity index (χ4v) is 3.70. The first-order valence-electron chi connectivity index (χ1n) is 9.25. The molecule has 0 atom stereocenters. The van der Waals surface area contributed by atoms with Gasteiger partial charge in [0.05, 0.1) is 17.1 Å². The van der Waals surface area contributed by atoms with Gasteiger partial charge in [-0.05, 0) is 53.9 Å². The van der Waals surface area contributed by atoms with Crippen molar-refractivity contribution in [2.75, 3.05) is 10.2 Å². The number of nitrogens with zero attached hydrogens (tertiary/aromatic N) is 1. The number of rotatable bonds is 4. The van der Waals surface area contributed by atoms with E-state index in [1.807, 2.05) is 42.5 Å². The van der Waals surface area contributed by atoms with Gasteiger partial charge in [-0.15, -0.1) is 0 Å². The van der Waals surface area contributed by atoms with Gasteiger partial charge in [-0.25, -0.2) is 4.39 Å². The van der Waals surface area contributed by atoms with E-state index in [-0.39, 0.29) is 16.5 Å². The fraction of sp³-hybridized carbons (Fsp3) is 0.130. The van der Waals surface area contributed by atoms with Crippen LogP contribution in [-0.4, -0.2) is 11.8 Å². The van der Waals surface area contributed by atoms with Crippen LogP contribution in [0.2, 0.25) is 5.02 Å². The second-order valence-electron chi connectivity index (χ2n) is 6.89. The molecule has 3 aromatic carbocycles. The van der Waals surface area contributed by atoms with Gasteiger partial charge < -0.3 is 10.2 Å². The predicted octanol–water partition coefficient (Wildman–Crippen LogP) is 5.21. The molecule has 0 bridgehead atoms. The van der Waals surface area contributed by atoms with Gasteiger partial charge in [0.2, 0.25) is 5.91 Å². The summed E-state index contributed by atoms with van der Waals surface area (Å²) in [6, 6.07) is 18.9. The zero-order chi connectivity index (χ0) is 20.4. The van der Waals surface area contributed by atoms with Crippen LogP contribution >= 0.6 is 11.6 Å². The van der Waals surface area contributed by atoms with E-state index in [9.17, 15) is 14.0 Å². The zero-order valence-electron chi connectivity index (χ0n) is 15.5. The molecule has 4 nitrogen and oxygen atoms in total. The number of anilines is 2. The van der Waals surface area contributed by atoms with Crippen LogP contribution in [-0.2, 0) is 17.8 Å². The summed E-state index contributed by atoms with van der Waals surface area (Å²) in [7, 11) is 0. The van der Waals surface area contributed by atoms with Crippen molar-refractivity contribution in [1.29, 1.82) is 0 Å². The van der Waals surface area contributed by atoms with E-state index in [1.165, 1.54) is 12.1 Å². The molecule has 1 aliphatic rings. The molecular weight excluding hydrogens is 391 g/mol. The van der Waals surface area contributed by atoms with Crippen LogP contribution in [0.25, 0.3) is 0 Å². The summed E-state index contributed by atoms with van der Waals surface area (Å²) in [6.07, 6.45) is 1.03. The van der Waals surface area contributed by atoms with Crippen LogP contribution in [0.1, 0.15) is 27.9 Å². The summed E-state index contributed by atoms with van der Waals surface area (Å²) < 4.78 is 13.2. The molecule has 2 amide bonds. The first-order chi connectivity index (χ1) is 14.0. The predicted molar refractivity (Wildman–Crippen MR) is 112 cm³/mol. The number of fused-ring (bicyclic) bond motifs is 1. The number of aryl methyl sites for hydroxylation is 1. The maximum Gasteiger partial charge on any atom is 0.257 e. The Labute approximate surface area is 172 Å². The topological polar surface area (TPSA) is 49.4 Å². The molecule has 29 heavy (non-hydrogen) atoms. The minimum Gasteiger partial charge on any atom is -0.322 e. The summed E-state index contributed by atoms with van der Waals surface area (Å²) in [4.78, 5) is 26.7. The molecule has 1 heterocycles. The van der Waals surface area contributed by atoms with Crippen molar-refractivity contribution in [1.82, 2.24) is 0 Å². The normalized spacial score (nSPS) is 13.2. The van der Waals surface area contributed by atoms with Crippen LogP contribution in [0.5, 0.6) is 0 Å². The van der Waals surface area contributed by atoms with Crippen molar-refractivity contribution in [2.24, 2.45) is 0 Å². The third-order valence-corrected chi connectivity index (χ3v) is 5.21. The van der Waals surface area contributed by atoms with Crippen LogP contribution in [0.15, 0.2) is 66.7 Å². The van der Waals surface area contributed by atoms with E-state index in [2.05, 4.69) is 5.32 Å². The maximum atomic E-state index is 13.2. The molecule has 0 aromatic heterocycles. The molecule has 0 spiro atoms. The monoisotopic (exact) mass is 408 g/mol. The molecule has 0 aliphatic carbocycles. The highest BCUT2D eigenvalue weighted by Gasteiger charge is 2.24. The Hall–Kier alpha value is -3.18. The van der Waals surface area contributed by atoms with Gasteiger partial charge in [0.1, 0.15) is 5.82 Å². The summed E-state index contributed by atoms with van der Waals surface area (Å²) in [5, 5.41) is 2.85. The lowest BCUT2D eigenvalue weighted by atomic mass is 9.99. The van der Waals surface area contributed by atoms with Crippen LogP contribution in [0.3, 0.4) is 0 Å². The minimum absolute atomic E-state index is 0.0556. The van der Waals surface area contributed by atoms with Crippen LogP contribution in [0.4, 0.5) is 15.8 Å². The number of hydrogen-bond donors (Lipinski definition) is 1. The maximum absolute atomic E-state index is 13.2. The Bertz CT molecular complexity index is 1090. The third kappa shape index (κ3) is 4.15. The van der Waals surface area contributed by atoms with E-state index in [0.29, 0.717) is 25.1 Å². The van der Waals surface area contributed by atoms with E-state index in [4.69, 9.17) is 11.6 Å². The first-order valence-corrected chi connectivity index (χ1v) is 9.63. The van der Waals surface area contributed by atoms with Gasteiger partial charge in [-0.2, -0.15) is 0 Å². The summed E-state index contributed by atoms with van der Waals surface area (Å²) >= 11 is 5.97. The molecular formula is C23H18ClFN2O2. The lowest BCUT2D eigenvalue weighted by Gasteiger charge is -2.30. The summed E-state index contributed by atoms with van der Waals surface area (Å²) in [5.74, 6) is -0.831. The van der Waals surface area contributed by atoms with E-state index in [0.717, 1.165) is 22.9 Å². The highest BCUT2D eigenvalue weighted by atomic mass is 35.5. The quantitative estimate of drug-likeness (QED) is 0.644. The summed E-state index contributed by atoms with van der Waals surface area (Å²) in [6.45, 7) is 0.504. The van der Waals surface area contributed by atoms with Gasteiger partial charge in [0.25, 0.3) is 5.91 Å². The van der Waals surface area contributed by atoms with Gasteiger partial charge >= 0.3 is 0 Å². The van der Waals surface area contributed by atoms with Crippen LogP contribution < -0.4 is 10.2 Å². The van der Waals surface area contributed by atoms with Crippen molar-refractivity contribution in [3.63, 3.8) is 0 Å². The third-order valence-electron chi connectivity index (χ3n) is 4.90. The average molecular weight is 409 g/mol. The zero-order valence-corrected chi connectivity index (χ0v) is 16.2. The average Bonchev–Trinajstić information content (AvgIpc) is 2.71. The number of carbonyl (C=O) groups excluding carboxylic acids is 2. The van der Waals surface area contributed by atoms with Gasteiger partial charge in [0.15, 0.2) is 0 Å². The minimum atomic E-state index is -0.497. The second-order valence-corrected chi connectivity index (χ2v) is 7.29. The molecule has 1 aliphatic heterocycles. The highest BCUT2D eigenvalue weighted by molar-refractivity contribution is 6.34. The lowest BCUT2D eigenvalue weighted by Crippen LogP contribution is -2.34. The smallest absolute Gasteiger partial charge is 0.257 e. The summed E-state index contributed by atoms with van der Waals surface area (Å²) in [5.41, 5.74) is 3.69. The number of hydrogen-bond acceptors (Lipinski definition) is 2. The molecule has 0 saturated carbocycles. The molecule has 0 radical (unpaired) electrons. The Kier molecular flexibility index (Phi) is 5.32. The van der Waals surface area contributed by atoms with E-state index in [1.54, 1.807) is 11.0 Å². The van der Waals surface area contributed by atoms with Crippen LogP contribution in [0, 0.1) is 5.82 Å². The molecule has 0 unspecified atom stereocenters. The Morgan fingerprint density at radius 2 is 1.83 bits per heavy atom. The Balaban J connectivity index is 1.56. The van der Waals surface area contributed by atoms with E-state index >= 15 is 0 Å². The molecule has 1 N–H and O–H groups in total. The van der Waals surface area contributed by atoms with Gasteiger partial charge in [0, 0.05) is 17.8 Å². The van der Waals surface area contributed by atoms with Gasteiger partial charge in [-0.3, -0.25) is 9.59 Å². The van der Waals surface area contributed by atoms with Crippen molar-refractivity contribution < 1.29 is 14.0 Å². The van der Waals surface area contributed by atoms with Crippen molar-refractivity contribution >= 4 is 34.8 Å². The highest BCUT2D eigenvalue weighted by Crippen LogP contribution is 2.32. The fourth-order valence-electron chi connectivity index (χ4n) is 3.45. The van der Waals surface area contributed by atoms with Crippen molar-refractivity contribution in [3.8, 4) is 0 Å². The molecule has 4 rings (SSSR count). The SMILES string of the molecule is O=C(Nc1ccc2c(c1)CCC(=O)N2Cc1ccccc1)c1ccc(F)cc1Cl. The molecule has 0 fully saturated rings. The van der Waals surface area contributed by atoms with Crippen molar-refractivity contribution in [2.45, 2.75) is 19.4 Å². The Morgan fingerprint density at radius 1 is 1.03 bits per heavy atom. The number of carbonyl (C=O) groups is 2. The molecule has 3 aromatic rings. The standard InChI is InChI=1S/C23H18ClFN2O2/c24-20-13-17(25)7-9-19(20)23(29)26-18-8-10-21-16(12-18)6-11-22(28)27(21)14-15-4-2-1-3-5-15/h1-5,7-10,12-13H,6,11,14H2,(H,26,29). The van der Waals surface area contributed by atoms with Crippen molar-refractivity contribution in [3.05, 3.63) is 94.3 Å².